The van der Waals surface area contributed by atoms with Gasteiger partial charge in [-0.05, 0) is 47.9 Å². The highest BCUT2D eigenvalue weighted by Gasteiger charge is 2.11. The van der Waals surface area contributed by atoms with E-state index in [0.29, 0.717) is 34.7 Å². The summed E-state index contributed by atoms with van der Waals surface area (Å²) in [6, 6.07) is 17.9. The molecule has 0 fully saturated rings. The molecule has 3 aromatic carbocycles. The molecule has 3 rings (SSSR count). The van der Waals surface area contributed by atoms with Crippen LogP contribution in [0.4, 0.5) is 0 Å². The van der Waals surface area contributed by atoms with Gasteiger partial charge in [-0.15, -0.1) is 0 Å². The van der Waals surface area contributed by atoms with Gasteiger partial charge in [0.2, 0.25) is 0 Å². The summed E-state index contributed by atoms with van der Waals surface area (Å²) in [5, 5.41) is 4.50. The van der Waals surface area contributed by atoms with Crippen LogP contribution in [0.1, 0.15) is 22.3 Å². The molecule has 0 aromatic heterocycles. The van der Waals surface area contributed by atoms with Gasteiger partial charge < -0.3 is 14.8 Å². The van der Waals surface area contributed by atoms with Gasteiger partial charge in [-0.2, -0.15) is 0 Å². The Morgan fingerprint density at radius 2 is 1.59 bits per heavy atom. The van der Waals surface area contributed by atoms with Crippen molar-refractivity contribution >= 4 is 39.1 Å². The van der Waals surface area contributed by atoms with Crippen molar-refractivity contribution in [3.05, 3.63) is 91.4 Å². The summed E-state index contributed by atoms with van der Waals surface area (Å²) in [7, 11) is 1.64. The lowest BCUT2D eigenvalue weighted by molar-refractivity contribution is 0.284. The van der Waals surface area contributed by atoms with Crippen LogP contribution in [0, 0.1) is 6.92 Å². The zero-order valence-corrected chi connectivity index (χ0v) is 19.4. The molecule has 0 amide bonds. The van der Waals surface area contributed by atoms with Crippen molar-refractivity contribution in [1.82, 2.24) is 5.32 Å². The highest BCUT2D eigenvalue weighted by molar-refractivity contribution is 9.10. The van der Waals surface area contributed by atoms with Crippen LogP contribution in [0.25, 0.3) is 0 Å². The van der Waals surface area contributed by atoms with Crippen LogP contribution < -0.4 is 14.8 Å². The van der Waals surface area contributed by atoms with Crippen molar-refractivity contribution < 1.29 is 9.47 Å². The zero-order chi connectivity index (χ0) is 20.8. The largest absolute Gasteiger partial charge is 0.493 e. The van der Waals surface area contributed by atoms with Gasteiger partial charge >= 0.3 is 0 Å². The van der Waals surface area contributed by atoms with Crippen molar-refractivity contribution in [3.63, 3.8) is 0 Å². The first-order valence-electron chi connectivity index (χ1n) is 9.15. The fourth-order valence-corrected chi connectivity index (χ4v) is 3.61. The topological polar surface area (TPSA) is 30.5 Å². The minimum absolute atomic E-state index is 0.366. The number of rotatable bonds is 8. The van der Waals surface area contributed by atoms with Crippen LogP contribution in [-0.2, 0) is 19.7 Å². The molecule has 1 N–H and O–H groups in total. The number of nitrogens with one attached hydrogen (secondary N) is 1. The van der Waals surface area contributed by atoms with E-state index in [-0.39, 0.29) is 0 Å². The van der Waals surface area contributed by atoms with Crippen LogP contribution >= 0.6 is 39.1 Å². The van der Waals surface area contributed by atoms with Gasteiger partial charge in [0.05, 0.1) is 17.2 Å². The highest BCUT2D eigenvalue weighted by Crippen LogP contribution is 2.34. The quantitative estimate of drug-likeness (QED) is 0.367. The van der Waals surface area contributed by atoms with Crippen molar-refractivity contribution in [3.8, 4) is 11.5 Å². The van der Waals surface area contributed by atoms with Crippen molar-refractivity contribution in [2.75, 3.05) is 7.11 Å². The smallest absolute Gasteiger partial charge is 0.162 e. The molecule has 0 radical (unpaired) electrons. The Bertz CT molecular complexity index is 977. The van der Waals surface area contributed by atoms with Crippen molar-refractivity contribution in [2.24, 2.45) is 0 Å². The standard InChI is InChI=1S/C23H22BrCl2NO2/c1-15-3-5-16(6-4-15)12-27-13-18-10-22(28-2)23(11-19(18)24)29-14-17-7-8-20(25)21(26)9-17/h3-11,27H,12-14H2,1-2H3. The summed E-state index contributed by atoms with van der Waals surface area (Å²) in [6.45, 7) is 3.96. The molecule has 29 heavy (non-hydrogen) atoms. The third-order valence-corrected chi connectivity index (χ3v) is 5.95. The Morgan fingerprint density at radius 1 is 0.862 bits per heavy atom. The second kappa shape index (κ2) is 10.4. The molecule has 0 unspecified atom stereocenters. The lowest BCUT2D eigenvalue weighted by Crippen LogP contribution is -2.13. The van der Waals surface area contributed by atoms with Crippen LogP contribution in [-0.4, -0.2) is 7.11 Å². The van der Waals surface area contributed by atoms with Crippen LogP contribution in [0.2, 0.25) is 10.0 Å². The van der Waals surface area contributed by atoms with Gasteiger partial charge in [-0.3, -0.25) is 0 Å². The Balaban J connectivity index is 1.64. The van der Waals surface area contributed by atoms with Gasteiger partial charge in [-0.25, -0.2) is 0 Å². The summed E-state index contributed by atoms with van der Waals surface area (Å²) in [5.41, 5.74) is 4.54. The van der Waals surface area contributed by atoms with Crippen LogP contribution in [0.15, 0.2) is 59.1 Å². The number of hydrogen-bond acceptors (Lipinski definition) is 3. The third-order valence-electron chi connectivity index (χ3n) is 4.48. The maximum absolute atomic E-state index is 6.07. The first-order valence-corrected chi connectivity index (χ1v) is 10.7. The molecule has 6 heteroatoms. The SMILES string of the molecule is COc1cc(CNCc2ccc(C)cc2)c(Br)cc1OCc1ccc(Cl)c(Cl)c1. The molecule has 0 heterocycles. The third kappa shape index (κ3) is 6.13. The van der Waals surface area contributed by atoms with Crippen molar-refractivity contribution in [1.29, 1.82) is 0 Å². The highest BCUT2D eigenvalue weighted by atomic mass is 79.9. The monoisotopic (exact) mass is 493 g/mol. The fourth-order valence-electron chi connectivity index (χ4n) is 2.82. The molecule has 3 aromatic rings. The molecule has 0 aliphatic heterocycles. The Labute approximate surface area is 190 Å². The number of aryl methyl sites for hydroxylation is 1. The summed E-state index contributed by atoms with van der Waals surface area (Å²) in [5.74, 6) is 1.34. The second-order valence-corrected chi connectivity index (χ2v) is 8.39. The first kappa shape index (κ1) is 22.0. The average Bonchev–Trinajstić information content (AvgIpc) is 2.71. The predicted molar refractivity (Wildman–Crippen MR) is 123 cm³/mol. The summed E-state index contributed by atoms with van der Waals surface area (Å²) >= 11 is 15.7. The number of benzene rings is 3. The predicted octanol–water partition coefficient (Wildman–Crippen LogP) is 6.94. The van der Waals surface area contributed by atoms with Gasteiger partial charge in [0.1, 0.15) is 6.61 Å². The molecule has 0 bridgehead atoms. The number of hydrogen-bond donors (Lipinski definition) is 1. The Hall–Kier alpha value is -1.72. The van der Waals surface area contributed by atoms with Crippen LogP contribution in [0.3, 0.4) is 0 Å². The maximum atomic E-state index is 6.07. The van der Waals surface area contributed by atoms with Gasteiger partial charge in [0, 0.05) is 17.6 Å². The lowest BCUT2D eigenvalue weighted by Gasteiger charge is -2.15. The van der Waals surface area contributed by atoms with E-state index in [2.05, 4.69) is 52.4 Å². The minimum Gasteiger partial charge on any atom is -0.493 e. The summed E-state index contributed by atoms with van der Waals surface area (Å²) < 4.78 is 12.4. The van der Waals surface area contributed by atoms with E-state index in [0.717, 1.165) is 22.1 Å². The maximum Gasteiger partial charge on any atom is 0.162 e. The van der Waals surface area contributed by atoms with E-state index in [9.17, 15) is 0 Å². The van der Waals surface area contributed by atoms with Gasteiger partial charge in [-0.1, -0.05) is 75.0 Å². The second-order valence-electron chi connectivity index (χ2n) is 6.72. The van der Waals surface area contributed by atoms with E-state index in [1.54, 1.807) is 19.2 Å². The molecular weight excluding hydrogens is 473 g/mol. The molecular formula is C23H22BrCl2NO2. The van der Waals surface area contributed by atoms with E-state index < -0.39 is 0 Å². The van der Waals surface area contributed by atoms with E-state index in [1.807, 2.05) is 18.2 Å². The molecule has 3 nitrogen and oxygen atoms in total. The molecule has 152 valence electrons. The molecule has 0 saturated heterocycles. The zero-order valence-electron chi connectivity index (χ0n) is 16.3. The fraction of sp³-hybridized carbons (Fsp3) is 0.217. The summed E-state index contributed by atoms with van der Waals surface area (Å²) in [6.07, 6.45) is 0. The number of halogens is 3. The number of methoxy groups -OCH3 is 1. The lowest BCUT2D eigenvalue weighted by atomic mass is 10.1. The molecule has 0 spiro atoms. The first-order chi connectivity index (χ1) is 14.0. The van der Waals surface area contributed by atoms with Gasteiger partial charge in [0.25, 0.3) is 0 Å². The van der Waals surface area contributed by atoms with E-state index >= 15 is 0 Å². The molecule has 0 aliphatic carbocycles. The van der Waals surface area contributed by atoms with E-state index in [1.165, 1.54) is 11.1 Å². The molecule has 0 saturated carbocycles. The average molecular weight is 495 g/mol. The minimum atomic E-state index is 0.366. The normalized spacial score (nSPS) is 10.8. The Kier molecular flexibility index (Phi) is 7.84. The van der Waals surface area contributed by atoms with E-state index in [4.69, 9.17) is 32.7 Å². The number of ether oxygens (including phenoxy) is 2. The summed E-state index contributed by atoms with van der Waals surface area (Å²) in [4.78, 5) is 0. The molecule has 0 aliphatic rings. The molecule has 0 atom stereocenters. The van der Waals surface area contributed by atoms with Crippen molar-refractivity contribution in [2.45, 2.75) is 26.6 Å². The van der Waals surface area contributed by atoms with Gasteiger partial charge in [0.15, 0.2) is 11.5 Å². The van der Waals surface area contributed by atoms with Crippen LogP contribution in [0.5, 0.6) is 11.5 Å². The Morgan fingerprint density at radius 3 is 2.28 bits per heavy atom.